The summed E-state index contributed by atoms with van der Waals surface area (Å²) >= 11 is 0. The van der Waals surface area contributed by atoms with E-state index in [1.54, 1.807) is 0 Å². The smallest absolute Gasteiger partial charge is 0.398 e. The van der Waals surface area contributed by atoms with Crippen molar-refractivity contribution in [3.05, 3.63) is 23.8 Å². The van der Waals surface area contributed by atoms with Gasteiger partial charge in [0.1, 0.15) is 0 Å². The summed E-state index contributed by atoms with van der Waals surface area (Å²) in [5.74, 6) is 0. The Labute approximate surface area is 81.4 Å². The lowest BCUT2D eigenvalue weighted by Gasteiger charge is -2.09. The van der Waals surface area contributed by atoms with Gasteiger partial charge in [-0.1, -0.05) is 0 Å². The number of halogens is 3. The summed E-state index contributed by atoms with van der Waals surface area (Å²) in [4.78, 5) is 0.220. The number of hydrogen-bond donors (Lipinski definition) is 1. The summed E-state index contributed by atoms with van der Waals surface area (Å²) in [6, 6.07) is 2.79. The summed E-state index contributed by atoms with van der Waals surface area (Å²) < 4.78 is 47.5. The van der Waals surface area contributed by atoms with Gasteiger partial charge in [-0.15, -0.1) is 0 Å². The fourth-order valence-electron chi connectivity index (χ4n) is 0.987. The molecule has 0 aliphatic heterocycles. The molecule has 0 fully saturated rings. The maximum Gasteiger partial charge on any atom is 0.416 e. The van der Waals surface area contributed by atoms with Gasteiger partial charge in [0.15, 0.2) is 0 Å². The van der Waals surface area contributed by atoms with E-state index in [2.05, 4.69) is 0 Å². The predicted molar refractivity (Wildman–Crippen MR) is 48.2 cm³/mol. The van der Waals surface area contributed by atoms with Crippen molar-refractivity contribution in [3.8, 4) is 0 Å². The molecule has 2 nitrogen and oxygen atoms in total. The van der Waals surface area contributed by atoms with E-state index in [4.69, 9.17) is 5.73 Å². The van der Waals surface area contributed by atoms with Gasteiger partial charge >= 0.3 is 6.18 Å². The molecule has 78 valence electrons. The standard InChI is InChI=1S/C8H8F3NOS/c1-14(13)7-3-2-5(4-6(7)12)8(9,10)11/h2-4H,12H2,1H3. The van der Waals surface area contributed by atoms with Crippen molar-refractivity contribution in [1.82, 2.24) is 0 Å². The first kappa shape index (κ1) is 11.0. The third kappa shape index (κ3) is 2.25. The Balaban J connectivity index is 3.20. The van der Waals surface area contributed by atoms with Gasteiger partial charge in [0.25, 0.3) is 0 Å². The van der Waals surface area contributed by atoms with Crippen molar-refractivity contribution in [2.75, 3.05) is 12.0 Å². The van der Waals surface area contributed by atoms with Crippen LogP contribution in [0, 0.1) is 0 Å². The van der Waals surface area contributed by atoms with Crippen LogP contribution in [-0.2, 0) is 17.0 Å². The van der Waals surface area contributed by atoms with Gasteiger partial charge in [0.05, 0.1) is 21.3 Å². The topological polar surface area (TPSA) is 43.1 Å². The molecule has 0 saturated carbocycles. The summed E-state index contributed by atoms with van der Waals surface area (Å²) in [5, 5.41) is 0. The number of hydrogen-bond acceptors (Lipinski definition) is 2. The molecule has 2 N–H and O–H groups in total. The monoisotopic (exact) mass is 223 g/mol. The van der Waals surface area contributed by atoms with Gasteiger partial charge in [-0.25, -0.2) is 0 Å². The molecule has 1 aromatic carbocycles. The molecule has 0 aromatic heterocycles. The van der Waals surface area contributed by atoms with Gasteiger partial charge in [0.2, 0.25) is 0 Å². The van der Waals surface area contributed by atoms with Crippen molar-refractivity contribution in [1.29, 1.82) is 0 Å². The summed E-state index contributed by atoms with van der Waals surface area (Å²) in [6.07, 6.45) is -3.05. The third-order valence-corrected chi connectivity index (χ3v) is 2.64. The maximum absolute atomic E-state index is 12.2. The molecule has 0 aliphatic carbocycles. The van der Waals surface area contributed by atoms with Crippen molar-refractivity contribution < 1.29 is 17.4 Å². The molecule has 0 radical (unpaired) electrons. The van der Waals surface area contributed by atoms with Crippen LogP contribution in [-0.4, -0.2) is 10.5 Å². The number of nitrogen functional groups attached to an aromatic ring is 1. The van der Waals surface area contributed by atoms with E-state index in [0.29, 0.717) is 0 Å². The van der Waals surface area contributed by atoms with E-state index in [1.807, 2.05) is 0 Å². The lowest BCUT2D eigenvalue weighted by atomic mass is 10.2. The summed E-state index contributed by atoms with van der Waals surface area (Å²) in [6.45, 7) is 0. The maximum atomic E-state index is 12.2. The molecule has 0 aliphatic rings. The highest BCUT2D eigenvalue weighted by Gasteiger charge is 2.30. The van der Waals surface area contributed by atoms with Crippen molar-refractivity contribution in [2.45, 2.75) is 11.1 Å². The third-order valence-electron chi connectivity index (χ3n) is 1.65. The quantitative estimate of drug-likeness (QED) is 0.740. The molecule has 1 unspecified atom stereocenters. The average molecular weight is 223 g/mol. The summed E-state index contributed by atoms with van der Waals surface area (Å²) in [7, 11) is -1.37. The molecular weight excluding hydrogens is 215 g/mol. The second-order valence-electron chi connectivity index (χ2n) is 2.70. The molecule has 0 bridgehead atoms. The van der Waals surface area contributed by atoms with E-state index < -0.39 is 22.5 Å². The largest absolute Gasteiger partial charge is 0.416 e. The first-order valence-electron chi connectivity index (χ1n) is 3.62. The first-order chi connectivity index (χ1) is 6.32. The SMILES string of the molecule is CS(=O)c1ccc(C(F)(F)F)cc1N. The van der Waals surface area contributed by atoms with Gasteiger partial charge in [-0.3, -0.25) is 4.21 Å². The van der Waals surface area contributed by atoms with Crippen LogP contribution in [0.3, 0.4) is 0 Å². The van der Waals surface area contributed by atoms with E-state index in [9.17, 15) is 17.4 Å². The van der Waals surface area contributed by atoms with Crippen LogP contribution < -0.4 is 5.73 Å². The predicted octanol–water partition coefficient (Wildman–Crippen LogP) is 2.02. The van der Waals surface area contributed by atoms with Crippen LogP contribution in [0.2, 0.25) is 0 Å². The van der Waals surface area contributed by atoms with Crippen molar-refractivity contribution in [3.63, 3.8) is 0 Å². The molecule has 0 spiro atoms. The lowest BCUT2D eigenvalue weighted by molar-refractivity contribution is -0.137. The molecule has 0 amide bonds. The molecule has 6 heteroatoms. The zero-order valence-corrected chi connectivity index (χ0v) is 8.08. The minimum Gasteiger partial charge on any atom is -0.398 e. The molecule has 14 heavy (non-hydrogen) atoms. The van der Waals surface area contributed by atoms with Crippen molar-refractivity contribution in [2.24, 2.45) is 0 Å². The second-order valence-corrected chi connectivity index (χ2v) is 4.05. The van der Waals surface area contributed by atoms with E-state index in [0.717, 1.165) is 18.2 Å². The number of alkyl halides is 3. The molecule has 1 atom stereocenters. The Kier molecular flexibility index (Phi) is 2.84. The average Bonchev–Trinajstić information content (AvgIpc) is 2.01. The Morgan fingerprint density at radius 3 is 2.29 bits per heavy atom. The second kappa shape index (κ2) is 3.61. The highest BCUT2D eigenvalue weighted by Crippen LogP contribution is 2.31. The fraction of sp³-hybridized carbons (Fsp3) is 0.250. The first-order valence-corrected chi connectivity index (χ1v) is 5.18. The Bertz CT molecular complexity index is 375. The number of nitrogens with two attached hydrogens (primary N) is 1. The fourth-order valence-corrected chi connectivity index (χ4v) is 1.64. The van der Waals surface area contributed by atoms with Gasteiger partial charge < -0.3 is 5.73 Å². The zero-order valence-electron chi connectivity index (χ0n) is 7.26. The van der Waals surface area contributed by atoms with Crippen LogP contribution in [0.15, 0.2) is 23.1 Å². The van der Waals surface area contributed by atoms with Crippen LogP contribution in [0.25, 0.3) is 0 Å². The highest BCUT2D eigenvalue weighted by molar-refractivity contribution is 7.84. The van der Waals surface area contributed by atoms with Crippen LogP contribution in [0.4, 0.5) is 18.9 Å². The lowest BCUT2D eigenvalue weighted by Crippen LogP contribution is -2.07. The molecular formula is C8H8F3NOS. The summed E-state index contributed by atoms with van der Waals surface area (Å²) in [5.41, 5.74) is 4.40. The highest BCUT2D eigenvalue weighted by atomic mass is 32.2. The molecule has 0 heterocycles. The number of rotatable bonds is 1. The minimum absolute atomic E-state index is 0.0966. The van der Waals surface area contributed by atoms with Crippen LogP contribution in [0.5, 0.6) is 0 Å². The normalized spacial score (nSPS) is 14.0. The van der Waals surface area contributed by atoms with E-state index in [-0.39, 0.29) is 10.6 Å². The Hall–Kier alpha value is -1.04. The van der Waals surface area contributed by atoms with Crippen LogP contribution in [0.1, 0.15) is 5.56 Å². The number of benzene rings is 1. The van der Waals surface area contributed by atoms with E-state index >= 15 is 0 Å². The Morgan fingerprint density at radius 1 is 1.36 bits per heavy atom. The van der Waals surface area contributed by atoms with E-state index in [1.165, 1.54) is 6.26 Å². The van der Waals surface area contributed by atoms with Gasteiger partial charge in [-0.05, 0) is 18.2 Å². The molecule has 1 rings (SSSR count). The van der Waals surface area contributed by atoms with Crippen molar-refractivity contribution >= 4 is 16.5 Å². The molecule has 1 aromatic rings. The van der Waals surface area contributed by atoms with Gasteiger partial charge in [-0.2, -0.15) is 13.2 Å². The molecule has 0 saturated heterocycles. The van der Waals surface area contributed by atoms with Gasteiger partial charge in [0, 0.05) is 11.9 Å². The minimum atomic E-state index is -4.41. The zero-order chi connectivity index (χ0) is 10.9. The Morgan fingerprint density at radius 2 is 1.93 bits per heavy atom. The number of anilines is 1. The van der Waals surface area contributed by atoms with Crippen LogP contribution >= 0.6 is 0 Å².